The lowest BCUT2D eigenvalue weighted by Gasteiger charge is -2.05. The third-order valence-corrected chi connectivity index (χ3v) is 3.08. The first-order valence-corrected chi connectivity index (χ1v) is 5.55. The third kappa shape index (κ3) is 3.94. The van der Waals surface area contributed by atoms with Gasteiger partial charge < -0.3 is 10.8 Å². The zero-order valence-electron chi connectivity index (χ0n) is 8.74. The molecule has 1 aromatic carbocycles. The smallest absolute Gasteiger partial charge is 0.328 e. The second-order valence-corrected chi connectivity index (χ2v) is 4.32. The Hall–Kier alpha value is -1.49. The summed E-state index contributed by atoms with van der Waals surface area (Å²) in [5.74, 6) is -0.827. The highest BCUT2D eigenvalue weighted by atomic mass is 32.2. The van der Waals surface area contributed by atoms with Crippen molar-refractivity contribution in [2.75, 3.05) is 11.5 Å². The number of carbonyl (C=O) groups is 1. The van der Waals surface area contributed by atoms with Crippen LogP contribution in [0.2, 0.25) is 0 Å². The molecular formula is C11H12FNO2S. The Labute approximate surface area is 97.2 Å². The van der Waals surface area contributed by atoms with Crippen LogP contribution in [-0.2, 0) is 4.79 Å². The molecule has 0 saturated carbocycles. The lowest BCUT2D eigenvalue weighted by atomic mass is 10.3. The van der Waals surface area contributed by atoms with Gasteiger partial charge in [-0.3, -0.25) is 0 Å². The molecule has 1 aromatic rings. The van der Waals surface area contributed by atoms with E-state index in [1.165, 1.54) is 23.9 Å². The molecule has 5 heteroatoms. The second-order valence-electron chi connectivity index (χ2n) is 3.30. The Morgan fingerprint density at radius 1 is 1.62 bits per heavy atom. The van der Waals surface area contributed by atoms with E-state index < -0.39 is 5.97 Å². The molecule has 0 spiro atoms. The summed E-state index contributed by atoms with van der Waals surface area (Å²) in [5, 5.41) is 8.51. The fraction of sp³-hybridized carbons (Fsp3) is 0.182. The number of halogens is 1. The summed E-state index contributed by atoms with van der Waals surface area (Å²) in [4.78, 5) is 11.1. The average molecular weight is 241 g/mol. The summed E-state index contributed by atoms with van der Waals surface area (Å²) in [6, 6.07) is 4.16. The molecular weight excluding hydrogens is 229 g/mol. The molecule has 1 rings (SSSR count). The molecule has 16 heavy (non-hydrogen) atoms. The number of nitrogens with two attached hydrogens (primary N) is 1. The first-order chi connectivity index (χ1) is 7.49. The van der Waals surface area contributed by atoms with Crippen molar-refractivity contribution >= 4 is 23.4 Å². The molecule has 0 saturated heterocycles. The summed E-state index contributed by atoms with van der Waals surface area (Å²) in [5.41, 5.74) is 6.70. The minimum Gasteiger partial charge on any atom is -0.478 e. The van der Waals surface area contributed by atoms with Crippen molar-refractivity contribution in [3.8, 4) is 0 Å². The first kappa shape index (κ1) is 12.6. The Kier molecular flexibility index (Phi) is 4.37. The van der Waals surface area contributed by atoms with E-state index in [1.807, 2.05) is 0 Å². The van der Waals surface area contributed by atoms with Gasteiger partial charge in [-0.25, -0.2) is 9.18 Å². The van der Waals surface area contributed by atoms with Gasteiger partial charge in [-0.15, -0.1) is 11.8 Å². The molecule has 0 amide bonds. The van der Waals surface area contributed by atoms with E-state index in [9.17, 15) is 9.18 Å². The maximum Gasteiger partial charge on any atom is 0.328 e. The topological polar surface area (TPSA) is 63.3 Å². The summed E-state index contributed by atoms with van der Waals surface area (Å²) < 4.78 is 12.7. The van der Waals surface area contributed by atoms with Gasteiger partial charge in [0.1, 0.15) is 5.82 Å². The largest absolute Gasteiger partial charge is 0.478 e. The van der Waals surface area contributed by atoms with Gasteiger partial charge >= 0.3 is 5.97 Å². The molecule has 3 N–H and O–H groups in total. The number of carboxylic acids is 1. The van der Waals surface area contributed by atoms with Crippen LogP contribution in [0.4, 0.5) is 10.1 Å². The third-order valence-electron chi connectivity index (χ3n) is 1.80. The summed E-state index contributed by atoms with van der Waals surface area (Å²) in [6.45, 7) is 1.72. The highest BCUT2D eigenvalue weighted by molar-refractivity contribution is 7.99. The van der Waals surface area contributed by atoms with Gasteiger partial charge in [0.15, 0.2) is 0 Å². The molecule has 0 aliphatic heterocycles. The number of nitrogen functional groups attached to an aromatic ring is 1. The number of hydrogen-bond acceptors (Lipinski definition) is 3. The van der Waals surface area contributed by atoms with Crippen LogP contribution in [0, 0.1) is 5.82 Å². The van der Waals surface area contributed by atoms with Gasteiger partial charge in [0.2, 0.25) is 0 Å². The van der Waals surface area contributed by atoms with Crippen LogP contribution < -0.4 is 5.73 Å². The number of thioether (sulfide) groups is 1. The highest BCUT2D eigenvalue weighted by Crippen LogP contribution is 2.26. The molecule has 0 atom stereocenters. The maximum absolute atomic E-state index is 12.7. The fourth-order valence-corrected chi connectivity index (χ4v) is 1.95. The number of anilines is 1. The van der Waals surface area contributed by atoms with Crippen molar-refractivity contribution in [2.24, 2.45) is 0 Å². The van der Waals surface area contributed by atoms with E-state index in [2.05, 4.69) is 0 Å². The Balaban J connectivity index is 2.65. The zero-order chi connectivity index (χ0) is 12.1. The van der Waals surface area contributed by atoms with Gasteiger partial charge in [0.05, 0.1) is 0 Å². The Morgan fingerprint density at radius 2 is 2.31 bits per heavy atom. The van der Waals surface area contributed by atoms with Crippen LogP contribution in [-0.4, -0.2) is 16.8 Å². The van der Waals surface area contributed by atoms with Crippen LogP contribution in [0.15, 0.2) is 34.7 Å². The fourth-order valence-electron chi connectivity index (χ4n) is 1.09. The summed E-state index contributed by atoms with van der Waals surface area (Å²) >= 11 is 1.38. The molecule has 3 nitrogen and oxygen atoms in total. The standard InChI is InChI=1S/C11H12FNO2S/c1-7(4-11(14)15)6-16-10-3-2-8(12)5-9(10)13/h2-5H,6,13H2,1H3,(H,14,15). The van der Waals surface area contributed by atoms with Crippen LogP contribution in [0.25, 0.3) is 0 Å². The maximum atomic E-state index is 12.7. The molecule has 0 fully saturated rings. The monoisotopic (exact) mass is 241 g/mol. The highest BCUT2D eigenvalue weighted by Gasteiger charge is 2.02. The lowest BCUT2D eigenvalue weighted by Crippen LogP contribution is -1.94. The normalized spacial score (nSPS) is 11.5. The minimum atomic E-state index is -0.967. The van der Waals surface area contributed by atoms with Gasteiger partial charge in [-0.05, 0) is 25.1 Å². The number of rotatable bonds is 4. The second kappa shape index (κ2) is 5.55. The molecule has 0 heterocycles. The van der Waals surface area contributed by atoms with Crippen LogP contribution >= 0.6 is 11.8 Å². The minimum absolute atomic E-state index is 0.369. The number of carboxylic acid groups (broad SMARTS) is 1. The average Bonchev–Trinajstić information content (AvgIpc) is 2.15. The molecule has 0 unspecified atom stereocenters. The molecule has 0 aliphatic carbocycles. The van der Waals surface area contributed by atoms with E-state index in [0.29, 0.717) is 11.4 Å². The van der Waals surface area contributed by atoms with Crippen LogP contribution in [0.5, 0.6) is 0 Å². The van der Waals surface area contributed by atoms with Crippen molar-refractivity contribution in [2.45, 2.75) is 11.8 Å². The predicted octanol–water partition coefficient (Wildman–Crippen LogP) is 2.53. The van der Waals surface area contributed by atoms with Crippen molar-refractivity contribution in [1.29, 1.82) is 0 Å². The van der Waals surface area contributed by atoms with Gasteiger partial charge in [0.25, 0.3) is 0 Å². The van der Waals surface area contributed by atoms with E-state index in [1.54, 1.807) is 13.0 Å². The number of aliphatic carboxylic acids is 1. The molecule has 86 valence electrons. The van der Waals surface area contributed by atoms with Gasteiger partial charge in [-0.1, -0.05) is 5.57 Å². The van der Waals surface area contributed by atoms with Gasteiger partial charge in [0, 0.05) is 22.4 Å². The Morgan fingerprint density at radius 3 is 2.88 bits per heavy atom. The quantitative estimate of drug-likeness (QED) is 0.483. The number of benzene rings is 1. The number of hydrogen-bond donors (Lipinski definition) is 2. The van der Waals surface area contributed by atoms with Gasteiger partial charge in [-0.2, -0.15) is 0 Å². The molecule has 0 radical (unpaired) electrons. The predicted molar refractivity (Wildman–Crippen MR) is 62.9 cm³/mol. The van der Waals surface area contributed by atoms with E-state index in [0.717, 1.165) is 16.5 Å². The van der Waals surface area contributed by atoms with Crippen molar-refractivity contribution in [3.05, 3.63) is 35.7 Å². The van der Waals surface area contributed by atoms with Crippen molar-refractivity contribution in [3.63, 3.8) is 0 Å². The Bertz CT molecular complexity index is 432. The molecule has 0 aliphatic rings. The zero-order valence-corrected chi connectivity index (χ0v) is 9.55. The van der Waals surface area contributed by atoms with Crippen molar-refractivity contribution < 1.29 is 14.3 Å². The molecule has 0 aromatic heterocycles. The van der Waals surface area contributed by atoms with Crippen molar-refractivity contribution in [1.82, 2.24) is 0 Å². The lowest BCUT2D eigenvalue weighted by molar-refractivity contribution is -0.131. The van der Waals surface area contributed by atoms with E-state index >= 15 is 0 Å². The first-order valence-electron chi connectivity index (χ1n) is 4.57. The van der Waals surface area contributed by atoms with Crippen LogP contribution in [0.1, 0.15) is 6.92 Å². The molecule has 0 bridgehead atoms. The van der Waals surface area contributed by atoms with Crippen LogP contribution in [0.3, 0.4) is 0 Å². The van der Waals surface area contributed by atoms with E-state index in [-0.39, 0.29) is 5.82 Å². The van der Waals surface area contributed by atoms with E-state index in [4.69, 9.17) is 10.8 Å². The summed E-state index contributed by atoms with van der Waals surface area (Å²) in [7, 11) is 0. The SMILES string of the molecule is CC(=CC(=O)O)CSc1ccc(F)cc1N. The summed E-state index contributed by atoms with van der Waals surface area (Å²) in [6.07, 6.45) is 1.15.